The van der Waals surface area contributed by atoms with Gasteiger partial charge < -0.3 is 14.7 Å². The third kappa shape index (κ3) is 2.95. The van der Waals surface area contributed by atoms with Crippen LogP contribution in [0.4, 0.5) is 0 Å². The number of aliphatic hydroxyl groups is 1. The number of likely N-dealkylation sites (N-methyl/N-ethyl adjacent to an activating group) is 1. The van der Waals surface area contributed by atoms with Crippen molar-refractivity contribution in [3.8, 4) is 0 Å². The van der Waals surface area contributed by atoms with Crippen LogP contribution in [0.3, 0.4) is 0 Å². The van der Waals surface area contributed by atoms with Crippen molar-refractivity contribution in [2.24, 2.45) is 0 Å². The summed E-state index contributed by atoms with van der Waals surface area (Å²) in [7, 11) is 4.64. The van der Waals surface area contributed by atoms with Gasteiger partial charge in [0.05, 0.1) is 19.3 Å². The summed E-state index contributed by atoms with van der Waals surface area (Å²) in [4.78, 5) is 26.6. The van der Waals surface area contributed by atoms with Crippen molar-refractivity contribution >= 4 is 11.9 Å². The predicted octanol–water partition coefficient (Wildman–Crippen LogP) is -0.929. The molecular weight excluding hydrogens is 224 g/mol. The maximum atomic E-state index is 11.8. The third-order valence-electron chi connectivity index (χ3n) is 3.09. The maximum Gasteiger partial charge on any atom is 0.323 e. The Morgan fingerprint density at radius 1 is 1.47 bits per heavy atom. The first-order chi connectivity index (χ1) is 7.88. The molecule has 6 heteroatoms. The normalized spacial score (nSPS) is 26.6. The number of ether oxygens (including phenoxy) is 1. The van der Waals surface area contributed by atoms with E-state index in [1.165, 1.54) is 12.0 Å². The van der Waals surface area contributed by atoms with Crippen molar-refractivity contribution in [2.75, 3.05) is 27.7 Å². The van der Waals surface area contributed by atoms with E-state index in [-0.39, 0.29) is 5.91 Å². The number of aliphatic hydroxyl groups excluding tert-OH is 1. The van der Waals surface area contributed by atoms with Crippen LogP contribution in [0.1, 0.15) is 13.3 Å². The van der Waals surface area contributed by atoms with Crippen LogP contribution >= 0.6 is 0 Å². The summed E-state index contributed by atoms with van der Waals surface area (Å²) in [5.74, 6) is -0.493. The van der Waals surface area contributed by atoms with E-state index < -0.39 is 24.2 Å². The molecule has 0 aromatic carbocycles. The van der Waals surface area contributed by atoms with E-state index in [0.29, 0.717) is 13.0 Å². The number of carbonyl (C=O) groups is 2. The maximum absolute atomic E-state index is 11.8. The smallest absolute Gasteiger partial charge is 0.323 e. The highest BCUT2D eigenvalue weighted by Gasteiger charge is 2.41. The Bertz CT molecular complexity index is 306. The van der Waals surface area contributed by atoms with Crippen LogP contribution in [0.2, 0.25) is 0 Å². The standard InChI is InChI=1S/C11H20N2O4/c1-7(10(15)12(2)3)13-6-8(14)5-9(13)11(16)17-4/h7-9,14H,5-6H2,1-4H3. The highest BCUT2D eigenvalue weighted by Crippen LogP contribution is 2.22. The average Bonchev–Trinajstić information content (AvgIpc) is 2.68. The Morgan fingerprint density at radius 2 is 2.06 bits per heavy atom. The van der Waals surface area contributed by atoms with Crippen molar-refractivity contribution in [3.63, 3.8) is 0 Å². The van der Waals surface area contributed by atoms with E-state index >= 15 is 0 Å². The lowest BCUT2D eigenvalue weighted by Gasteiger charge is -2.29. The molecule has 17 heavy (non-hydrogen) atoms. The van der Waals surface area contributed by atoms with Crippen molar-refractivity contribution in [3.05, 3.63) is 0 Å². The minimum Gasteiger partial charge on any atom is -0.468 e. The lowest BCUT2D eigenvalue weighted by atomic mass is 10.1. The van der Waals surface area contributed by atoms with Crippen LogP contribution in [0.5, 0.6) is 0 Å². The van der Waals surface area contributed by atoms with E-state index in [1.807, 2.05) is 0 Å². The molecule has 0 saturated carbocycles. The van der Waals surface area contributed by atoms with Crippen molar-refractivity contribution in [2.45, 2.75) is 31.5 Å². The fraction of sp³-hybridized carbons (Fsp3) is 0.818. The molecule has 0 aromatic heterocycles. The molecule has 98 valence electrons. The van der Waals surface area contributed by atoms with Gasteiger partial charge >= 0.3 is 5.97 Å². The van der Waals surface area contributed by atoms with E-state index in [4.69, 9.17) is 0 Å². The van der Waals surface area contributed by atoms with E-state index in [9.17, 15) is 14.7 Å². The van der Waals surface area contributed by atoms with E-state index in [2.05, 4.69) is 4.74 Å². The van der Waals surface area contributed by atoms with Gasteiger partial charge in [-0.3, -0.25) is 14.5 Å². The minimum absolute atomic E-state index is 0.0898. The molecule has 1 heterocycles. The lowest BCUT2D eigenvalue weighted by molar-refractivity contribution is -0.148. The fourth-order valence-corrected chi connectivity index (χ4v) is 2.15. The molecule has 3 unspecified atom stereocenters. The monoisotopic (exact) mass is 244 g/mol. The van der Waals surface area contributed by atoms with Crippen LogP contribution < -0.4 is 0 Å². The molecule has 0 bridgehead atoms. The number of rotatable bonds is 3. The molecule has 1 rings (SSSR count). The number of esters is 1. The Hall–Kier alpha value is -1.14. The van der Waals surface area contributed by atoms with Crippen molar-refractivity contribution in [1.82, 2.24) is 9.80 Å². The SMILES string of the molecule is COC(=O)C1CC(O)CN1C(C)C(=O)N(C)C. The molecule has 1 amide bonds. The van der Waals surface area contributed by atoms with E-state index in [0.717, 1.165) is 0 Å². The highest BCUT2D eigenvalue weighted by molar-refractivity contribution is 5.83. The molecule has 1 fully saturated rings. The molecule has 1 aliphatic heterocycles. The third-order valence-corrected chi connectivity index (χ3v) is 3.09. The summed E-state index contributed by atoms with van der Waals surface area (Å²) in [6.45, 7) is 2.05. The zero-order chi connectivity index (χ0) is 13.2. The molecule has 6 nitrogen and oxygen atoms in total. The number of hydrogen-bond acceptors (Lipinski definition) is 5. The predicted molar refractivity (Wildman–Crippen MR) is 61.3 cm³/mol. The molecule has 0 spiro atoms. The van der Waals surface area contributed by atoms with Gasteiger partial charge in [-0.05, 0) is 6.92 Å². The van der Waals surface area contributed by atoms with Gasteiger partial charge in [0.15, 0.2) is 0 Å². The molecule has 1 aliphatic rings. The number of carbonyl (C=O) groups excluding carboxylic acids is 2. The van der Waals surface area contributed by atoms with Crippen LogP contribution in [-0.4, -0.2) is 72.7 Å². The Morgan fingerprint density at radius 3 is 2.53 bits per heavy atom. The lowest BCUT2D eigenvalue weighted by Crippen LogP contribution is -2.49. The summed E-state index contributed by atoms with van der Waals surface area (Å²) >= 11 is 0. The van der Waals surface area contributed by atoms with Crippen LogP contribution in [0.25, 0.3) is 0 Å². The quantitative estimate of drug-likeness (QED) is 0.650. The van der Waals surface area contributed by atoms with E-state index in [1.54, 1.807) is 25.9 Å². The number of likely N-dealkylation sites (tertiary alicyclic amines) is 1. The molecule has 3 atom stereocenters. The van der Waals surface area contributed by atoms with Gasteiger partial charge in [0.25, 0.3) is 0 Å². The summed E-state index contributed by atoms with van der Waals surface area (Å²) < 4.78 is 4.69. The molecule has 1 saturated heterocycles. The van der Waals surface area contributed by atoms with Crippen LogP contribution in [-0.2, 0) is 14.3 Å². The number of β-amino-alcohol motifs (C(OH)–C–C–N with tert-alkyl or cyclic N) is 1. The Labute approximate surface area is 101 Å². The highest BCUT2D eigenvalue weighted by atomic mass is 16.5. The number of methoxy groups -OCH3 is 1. The largest absolute Gasteiger partial charge is 0.468 e. The van der Waals surface area contributed by atoms with Crippen LogP contribution in [0, 0.1) is 0 Å². The second-order valence-electron chi connectivity index (χ2n) is 4.53. The molecular formula is C11H20N2O4. The topological polar surface area (TPSA) is 70.1 Å². The zero-order valence-corrected chi connectivity index (χ0v) is 10.7. The summed E-state index contributed by atoms with van der Waals surface area (Å²) in [6.07, 6.45) is -0.269. The van der Waals surface area contributed by atoms with Gasteiger partial charge in [-0.2, -0.15) is 0 Å². The fourth-order valence-electron chi connectivity index (χ4n) is 2.15. The Kier molecular flexibility index (Phi) is 4.47. The number of hydrogen-bond donors (Lipinski definition) is 1. The Balaban J connectivity index is 2.80. The van der Waals surface area contributed by atoms with Crippen LogP contribution in [0.15, 0.2) is 0 Å². The van der Waals surface area contributed by atoms with Gasteiger partial charge in [0.2, 0.25) is 5.91 Å². The second kappa shape index (κ2) is 5.46. The summed E-state index contributed by atoms with van der Waals surface area (Å²) in [6, 6.07) is -0.972. The number of amides is 1. The first-order valence-corrected chi connectivity index (χ1v) is 5.61. The van der Waals surface area contributed by atoms with Gasteiger partial charge in [0, 0.05) is 27.1 Å². The van der Waals surface area contributed by atoms with Crippen molar-refractivity contribution in [1.29, 1.82) is 0 Å². The first-order valence-electron chi connectivity index (χ1n) is 5.61. The van der Waals surface area contributed by atoms with Gasteiger partial charge in [-0.1, -0.05) is 0 Å². The number of nitrogens with zero attached hydrogens (tertiary/aromatic N) is 2. The van der Waals surface area contributed by atoms with Gasteiger partial charge in [-0.15, -0.1) is 0 Å². The molecule has 0 aliphatic carbocycles. The summed E-state index contributed by atoms with van der Waals surface area (Å²) in [5.41, 5.74) is 0. The first kappa shape index (κ1) is 13.9. The average molecular weight is 244 g/mol. The molecule has 0 radical (unpaired) electrons. The van der Waals surface area contributed by atoms with Crippen molar-refractivity contribution < 1.29 is 19.4 Å². The molecule has 1 N–H and O–H groups in total. The van der Waals surface area contributed by atoms with Gasteiger partial charge in [-0.25, -0.2) is 0 Å². The second-order valence-corrected chi connectivity index (χ2v) is 4.53. The molecule has 0 aromatic rings. The zero-order valence-electron chi connectivity index (χ0n) is 10.7. The minimum atomic E-state index is -0.587. The van der Waals surface area contributed by atoms with Gasteiger partial charge in [0.1, 0.15) is 6.04 Å². The summed E-state index contributed by atoms with van der Waals surface area (Å²) in [5, 5.41) is 9.61.